The summed E-state index contributed by atoms with van der Waals surface area (Å²) in [6, 6.07) is 65.3. The Bertz CT molecular complexity index is 2370. The second-order valence-corrected chi connectivity index (χ2v) is 20.3. The van der Waals surface area contributed by atoms with E-state index in [0.29, 0.717) is 0 Å². The molecule has 0 N–H and O–H groups in total. The predicted octanol–water partition coefficient (Wildman–Crippen LogP) is 4.47. The Morgan fingerprint density at radius 2 is 0.804 bits per heavy atom. The largest absolute Gasteiger partial charge is 0.309 e. The van der Waals surface area contributed by atoms with Crippen LogP contribution in [0.3, 0.4) is 0 Å². The highest BCUT2D eigenvalue weighted by Crippen LogP contribution is 2.32. The van der Waals surface area contributed by atoms with Crippen LogP contribution in [-0.2, 0) is 0 Å². The number of para-hydroxylation sites is 2. The van der Waals surface area contributed by atoms with Gasteiger partial charge in [0.05, 0.1) is 11.0 Å². The summed E-state index contributed by atoms with van der Waals surface area (Å²) in [5.41, 5.74) is 5.03. The van der Waals surface area contributed by atoms with Crippen LogP contribution in [-0.4, -0.2) is 20.7 Å². The van der Waals surface area contributed by atoms with Crippen molar-refractivity contribution in [2.75, 3.05) is 0 Å². The maximum Gasteiger partial charge on any atom is 0.179 e. The molecule has 0 amide bonds. The molecule has 4 heterocycles. The van der Waals surface area contributed by atoms with E-state index in [1.165, 1.54) is 43.4 Å². The monoisotopic (exact) mass is 617 g/mol. The molecule has 1 aromatic heterocycles. The molecule has 8 aromatic rings. The van der Waals surface area contributed by atoms with E-state index in [-0.39, 0.29) is 0 Å². The molecule has 0 saturated carbocycles. The van der Waals surface area contributed by atoms with E-state index in [1.54, 1.807) is 31.1 Å². The van der Waals surface area contributed by atoms with Gasteiger partial charge < -0.3 is 4.57 Å². The van der Waals surface area contributed by atoms with Gasteiger partial charge in [0.1, 0.15) is 0 Å². The second-order valence-electron chi connectivity index (χ2n) is 12.9. The lowest BCUT2D eigenvalue weighted by atomic mass is 10.1. The van der Waals surface area contributed by atoms with E-state index >= 15 is 0 Å². The van der Waals surface area contributed by atoms with E-state index in [0.717, 1.165) is 0 Å². The lowest BCUT2D eigenvalue weighted by Gasteiger charge is -2.55. The highest BCUT2D eigenvalue weighted by Gasteiger charge is 2.62. The number of hydrogen-bond acceptors (Lipinski definition) is 0. The van der Waals surface area contributed by atoms with Crippen LogP contribution in [0.25, 0.3) is 27.5 Å². The van der Waals surface area contributed by atoms with Crippen molar-refractivity contribution in [1.82, 2.24) is 4.57 Å². The minimum Gasteiger partial charge on any atom is -0.309 e. The number of aryl methyl sites for hydroxylation is 1. The number of nitrogens with zero attached hydrogens (tertiary/aromatic N) is 1. The zero-order valence-electron chi connectivity index (χ0n) is 25.6. The SMILES string of the molecule is Cc1ccc([Si]23c4ccccc4[Si](c4ccc5c6ccccc6n(-c6ccccc6)c5c4)(c4ccccc42)c2ccccc23)cc1. The molecule has 216 valence electrons. The van der Waals surface area contributed by atoms with Crippen LogP contribution in [0.15, 0.2) is 170 Å². The molecule has 3 aliphatic rings. The first kappa shape index (κ1) is 26.0. The van der Waals surface area contributed by atoms with Crippen LogP contribution in [0.1, 0.15) is 5.56 Å². The van der Waals surface area contributed by atoms with Crippen molar-refractivity contribution in [3.8, 4) is 5.69 Å². The molecule has 0 spiro atoms. The Balaban J connectivity index is 1.38. The topological polar surface area (TPSA) is 4.93 Å². The van der Waals surface area contributed by atoms with Gasteiger partial charge in [-0.1, -0.05) is 151 Å². The summed E-state index contributed by atoms with van der Waals surface area (Å²) >= 11 is 0. The van der Waals surface area contributed by atoms with Crippen LogP contribution in [0.4, 0.5) is 0 Å². The van der Waals surface area contributed by atoms with Crippen LogP contribution in [0, 0.1) is 6.92 Å². The van der Waals surface area contributed by atoms with Crippen molar-refractivity contribution >= 4 is 79.4 Å². The summed E-state index contributed by atoms with van der Waals surface area (Å²) in [5.74, 6) is 0. The molecule has 0 atom stereocenters. The van der Waals surface area contributed by atoms with Crippen LogP contribution in [0.2, 0.25) is 0 Å². The minimum absolute atomic E-state index is 1.20. The smallest absolute Gasteiger partial charge is 0.179 e. The third kappa shape index (κ3) is 3.09. The fraction of sp³-hybridized carbons (Fsp3) is 0.0233. The van der Waals surface area contributed by atoms with Gasteiger partial charge in [0.15, 0.2) is 16.1 Å². The van der Waals surface area contributed by atoms with Gasteiger partial charge in [0, 0.05) is 16.5 Å². The Morgan fingerprint density at radius 3 is 1.37 bits per heavy atom. The van der Waals surface area contributed by atoms with Crippen molar-refractivity contribution in [2.24, 2.45) is 0 Å². The highest BCUT2D eigenvalue weighted by atomic mass is 28.3. The quantitative estimate of drug-likeness (QED) is 0.258. The van der Waals surface area contributed by atoms with Crippen molar-refractivity contribution < 1.29 is 0 Å². The van der Waals surface area contributed by atoms with E-state index in [2.05, 4.69) is 181 Å². The molecule has 11 rings (SSSR count). The average Bonchev–Trinajstić information content (AvgIpc) is 3.46. The van der Waals surface area contributed by atoms with Gasteiger partial charge in [-0.3, -0.25) is 0 Å². The molecule has 46 heavy (non-hydrogen) atoms. The third-order valence-corrected chi connectivity index (χ3v) is 21.4. The summed E-state index contributed by atoms with van der Waals surface area (Å²) in [4.78, 5) is 0. The molecular weight excluding hydrogens is 587 g/mol. The van der Waals surface area contributed by atoms with Gasteiger partial charge in [-0.2, -0.15) is 0 Å². The average molecular weight is 618 g/mol. The lowest BCUT2D eigenvalue weighted by Crippen LogP contribution is -3.00. The zero-order chi connectivity index (χ0) is 30.5. The van der Waals surface area contributed by atoms with Crippen molar-refractivity contribution in [2.45, 2.75) is 6.92 Å². The number of rotatable bonds is 3. The van der Waals surface area contributed by atoms with E-state index in [9.17, 15) is 0 Å². The first-order valence-electron chi connectivity index (χ1n) is 16.2. The summed E-state index contributed by atoms with van der Waals surface area (Å²) in [6.45, 7) is 2.20. The van der Waals surface area contributed by atoms with E-state index in [1.807, 2.05) is 0 Å². The van der Waals surface area contributed by atoms with Crippen molar-refractivity contribution in [3.63, 3.8) is 0 Å². The molecule has 0 fully saturated rings. The molecule has 0 saturated heterocycles. The molecule has 3 aliphatic heterocycles. The van der Waals surface area contributed by atoms with Crippen molar-refractivity contribution in [3.05, 3.63) is 175 Å². The molecule has 0 unspecified atom stereocenters. The number of aromatic nitrogens is 1. The van der Waals surface area contributed by atoms with Gasteiger partial charge in [-0.15, -0.1) is 0 Å². The molecule has 0 aliphatic carbocycles. The summed E-state index contributed by atoms with van der Waals surface area (Å²) in [7, 11) is -5.23. The predicted molar refractivity (Wildman–Crippen MR) is 200 cm³/mol. The number of fused-ring (bicyclic) bond motifs is 3. The van der Waals surface area contributed by atoms with Gasteiger partial charge in [0.2, 0.25) is 0 Å². The van der Waals surface area contributed by atoms with Gasteiger partial charge in [-0.25, -0.2) is 0 Å². The molecule has 1 nitrogen and oxygen atoms in total. The normalized spacial score (nSPS) is 19.2. The Hall–Kier alpha value is -5.23. The third-order valence-electron chi connectivity index (χ3n) is 10.8. The first-order valence-corrected chi connectivity index (χ1v) is 20.2. The summed E-state index contributed by atoms with van der Waals surface area (Å²) in [5, 5.41) is 15.0. The van der Waals surface area contributed by atoms with Crippen LogP contribution in [0.5, 0.6) is 0 Å². The van der Waals surface area contributed by atoms with Gasteiger partial charge >= 0.3 is 0 Å². The van der Waals surface area contributed by atoms with Crippen LogP contribution >= 0.6 is 0 Å². The standard InChI is InChI=1S/C43H31NSi2/c1-30-23-25-32(26-24-30)45-38-17-7-10-20-41(38)46(42-21-11-8-18-39(42)45,43-22-12-9-19-40(43)45)33-27-28-35-34-15-5-6-16-36(34)44(37(35)29-33)31-13-3-2-4-14-31/h2-29H,1H3. The maximum absolute atomic E-state index is 2.69. The molecule has 0 radical (unpaired) electrons. The fourth-order valence-corrected chi connectivity index (χ4v) is 22.4. The second kappa shape index (κ2) is 9.40. The molecule has 3 heteroatoms. The Labute approximate surface area is 271 Å². The van der Waals surface area contributed by atoms with Crippen LogP contribution < -0.4 is 41.5 Å². The summed E-state index contributed by atoms with van der Waals surface area (Å²) < 4.78 is 2.47. The van der Waals surface area contributed by atoms with Gasteiger partial charge in [-0.05, 0) is 72.7 Å². The lowest BCUT2D eigenvalue weighted by molar-refractivity contribution is 1.18. The zero-order valence-corrected chi connectivity index (χ0v) is 27.6. The number of benzene rings is 7. The van der Waals surface area contributed by atoms with Crippen molar-refractivity contribution in [1.29, 1.82) is 0 Å². The Kier molecular flexibility index (Phi) is 5.32. The maximum atomic E-state index is 2.56. The minimum atomic E-state index is -2.69. The van der Waals surface area contributed by atoms with E-state index < -0.39 is 16.1 Å². The summed E-state index contributed by atoms with van der Waals surface area (Å²) in [6.07, 6.45) is 0. The first-order chi connectivity index (χ1) is 22.7. The van der Waals surface area contributed by atoms with E-state index in [4.69, 9.17) is 0 Å². The molecular formula is C43H31NSi2. The molecule has 7 aromatic carbocycles. The fourth-order valence-electron chi connectivity index (χ4n) is 9.08. The Morgan fingerprint density at radius 1 is 0.370 bits per heavy atom. The van der Waals surface area contributed by atoms with Gasteiger partial charge in [0.25, 0.3) is 0 Å². The highest BCUT2D eigenvalue weighted by molar-refractivity contribution is 7.38. The molecule has 2 bridgehead atoms. The number of hydrogen-bond donors (Lipinski definition) is 0.